The monoisotopic (exact) mass is 254 g/mol. The molecule has 0 aromatic heterocycles. The summed E-state index contributed by atoms with van der Waals surface area (Å²) < 4.78 is 15.1. The van der Waals surface area contributed by atoms with Crippen molar-refractivity contribution in [3.8, 4) is 23.7 Å². The molecule has 0 amide bonds. The number of hydrogen-bond donors (Lipinski definition) is 1. The van der Waals surface area contributed by atoms with Gasteiger partial charge >= 0.3 is 0 Å². The molecule has 0 spiro atoms. The third-order valence-corrected chi connectivity index (χ3v) is 2.32. The Morgan fingerprint density at radius 1 is 0.833 bits per heavy atom. The summed E-state index contributed by atoms with van der Waals surface area (Å²) >= 11 is 0. The predicted octanol–water partition coefficient (Wildman–Crippen LogP) is -0.445. The van der Waals surface area contributed by atoms with Crippen LogP contribution in [0, 0.1) is 23.7 Å². The quantitative estimate of drug-likeness (QED) is 0.362. The van der Waals surface area contributed by atoms with Crippen molar-refractivity contribution in [3.63, 3.8) is 0 Å². The lowest BCUT2D eigenvalue weighted by Crippen LogP contribution is -3.11. The van der Waals surface area contributed by atoms with Crippen molar-refractivity contribution in [1.82, 2.24) is 0 Å². The van der Waals surface area contributed by atoms with Crippen LogP contribution in [0.4, 0.5) is 0 Å². The molecule has 0 rings (SSSR count). The van der Waals surface area contributed by atoms with Crippen LogP contribution in [0.1, 0.15) is 13.8 Å². The van der Waals surface area contributed by atoms with E-state index >= 15 is 0 Å². The Kier molecular flexibility index (Phi) is 13.2. The van der Waals surface area contributed by atoms with E-state index < -0.39 is 0 Å². The molecule has 0 aliphatic rings. The molecule has 0 radical (unpaired) electrons. The van der Waals surface area contributed by atoms with Gasteiger partial charge in [0.15, 0.2) is 0 Å². The fourth-order valence-corrected chi connectivity index (χ4v) is 1.16. The number of quaternary nitrogens is 1. The molecule has 0 bridgehead atoms. The van der Waals surface area contributed by atoms with Gasteiger partial charge in [-0.05, 0) is 19.8 Å². The predicted molar refractivity (Wildman–Crippen MR) is 71.1 cm³/mol. The molecule has 18 heavy (non-hydrogen) atoms. The van der Waals surface area contributed by atoms with Crippen LogP contribution in [0.15, 0.2) is 0 Å². The standard InChI is InChI=1S/C14H23NO3/c1-4-15(5-2)10-6-7-12-17-14-18-13-9-8-11-16-3/h4-5,10-14H2,1-3H3/p+1. The van der Waals surface area contributed by atoms with E-state index in [-0.39, 0.29) is 6.79 Å². The van der Waals surface area contributed by atoms with E-state index in [1.807, 2.05) is 0 Å². The summed E-state index contributed by atoms with van der Waals surface area (Å²) in [6.45, 7) is 8.85. The van der Waals surface area contributed by atoms with Gasteiger partial charge in [-0.25, -0.2) is 0 Å². The van der Waals surface area contributed by atoms with Crippen molar-refractivity contribution in [3.05, 3.63) is 0 Å². The van der Waals surface area contributed by atoms with Crippen LogP contribution in [0.2, 0.25) is 0 Å². The first-order chi connectivity index (χ1) is 8.85. The highest BCUT2D eigenvalue weighted by molar-refractivity contribution is 4.99. The maximum absolute atomic E-state index is 5.19. The molecular weight excluding hydrogens is 230 g/mol. The van der Waals surface area contributed by atoms with E-state index in [9.17, 15) is 0 Å². The molecule has 0 fully saturated rings. The molecule has 0 aliphatic heterocycles. The maximum atomic E-state index is 5.19. The van der Waals surface area contributed by atoms with Crippen molar-refractivity contribution in [2.45, 2.75) is 13.8 Å². The number of nitrogens with one attached hydrogen (secondary N) is 1. The van der Waals surface area contributed by atoms with Crippen molar-refractivity contribution in [2.24, 2.45) is 0 Å². The van der Waals surface area contributed by atoms with Crippen LogP contribution in [-0.4, -0.2) is 53.4 Å². The molecule has 4 heteroatoms. The highest BCUT2D eigenvalue weighted by Gasteiger charge is 1.96. The van der Waals surface area contributed by atoms with E-state index in [1.54, 1.807) is 7.11 Å². The van der Waals surface area contributed by atoms with E-state index in [0.29, 0.717) is 19.8 Å². The topological polar surface area (TPSA) is 32.1 Å². The van der Waals surface area contributed by atoms with Crippen LogP contribution in [0.25, 0.3) is 0 Å². The zero-order valence-electron chi connectivity index (χ0n) is 11.7. The Morgan fingerprint density at radius 3 is 1.94 bits per heavy atom. The smallest absolute Gasteiger partial charge is 0.149 e. The van der Waals surface area contributed by atoms with Gasteiger partial charge in [0.2, 0.25) is 0 Å². The van der Waals surface area contributed by atoms with Crippen LogP contribution >= 0.6 is 0 Å². The Hall–Kier alpha value is -1.04. The summed E-state index contributed by atoms with van der Waals surface area (Å²) in [5.74, 6) is 11.7. The third-order valence-electron chi connectivity index (χ3n) is 2.32. The van der Waals surface area contributed by atoms with E-state index in [2.05, 4.69) is 37.5 Å². The van der Waals surface area contributed by atoms with Gasteiger partial charge in [-0.3, -0.25) is 0 Å². The molecule has 0 aromatic carbocycles. The molecule has 0 atom stereocenters. The SMILES string of the molecule is CC[NH+](CC)CC#CCOCOCC#CCOC. The lowest BCUT2D eigenvalue weighted by atomic mass is 10.4. The van der Waals surface area contributed by atoms with Crippen LogP contribution in [0.3, 0.4) is 0 Å². The summed E-state index contributed by atoms with van der Waals surface area (Å²) in [4.78, 5) is 1.48. The average molecular weight is 254 g/mol. The van der Waals surface area contributed by atoms with Gasteiger partial charge in [-0.2, -0.15) is 0 Å². The second-order valence-electron chi connectivity index (χ2n) is 3.59. The summed E-state index contributed by atoms with van der Waals surface area (Å²) in [5.41, 5.74) is 0. The molecule has 0 unspecified atom stereocenters. The molecule has 102 valence electrons. The Balaban J connectivity index is 3.35. The van der Waals surface area contributed by atoms with Gasteiger partial charge in [0, 0.05) is 7.11 Å². The second kappa shape index (κ2) is 14.0. The average Bonchev–Trinajstić information content (AvgIpc) is 2.40. The van der Waals surface area contributed by atoms with E-state index in [0.717, 1.165) is 19.6 Å². The Morgan fingerprint density at radius 2 is 1.39 bits per heavy atom. The minimum Gasteiger partial charge on any atom is -0.372 e. The molecule has 1 N–H and O–H groups in total. The van der Waals surface area contributed by atoms with Gasteiger partial charge < -0.3 is 19.1 Å². The molecule has 0 aliphatic carbocycles. The molecule has 0 saturated carbocycles. The van der Waals surface area contributed by atoms with Gasteiger partial charge in [-0.1, -0.05) is 17.8 Å². The normalized spacial score (nSPS) is 9.56. The minimum absolute atomic E-state index is 0.231. The number of rotatable bonds is 8. The maximum Gasteiger partial charge on any atom is 0.149 e. The van der Waals surface area contributed by atoms with Crippen LogP contribution < -0.4 is 4.90 Å². The second-order valence-corrected chi connectivity index (χ2v) is 3.59. The fourth-order valence-electron chi connectivity index (χ4n) is 1.16. The number of methoxy groups -OCH3 is 1. The van der Waals surface area contributed by atoms with Crippen molar-refractivity contribution in [2.75, 3.05) is 53.4 Å². The van der Waals surface area contributed by atoms with E-state index in [1.165, 1.54) is 4.90 Å². The molecule has 0 heterocycles. The summed E-state index contributed by atoms with van der Waals surface area (Å²) in [6.07, 6.45) is 0. The molecule has 0 aromatic rings. The molecule has 4 nitrogen and oxygen atoms in total. The first kappa shape index (κ1) is 17.0. The van der Waals surface area contributed by atoms with Crippen molar-refractivity contribution >= 4 is 0 Å². The van der Waals surface area contributed by atoms with Crippen molar-refractivity contribution in [1.29, 1.82) is 0 Å². The first-order valence-corrected chi connectivity index (χ1v) is 6.24. The van der Waals surface area contributed by atoms with Crippen LogP contribution in [0.5, 0.6) is 0 Å². The highest BCUT2D eigenvalue weighted by atomic mass is 16.7. The van der Waals surface area contributed by atoms with Crippen molar-refractivity contribution < 1.29 is 19.1 Å². The summed E-state index contributed by atoms with van der Waals surface area (Å²) in [6, 6.07) is 0. The van der Waals surface area contributed by atoms with Crippen LogP contribution in [-0.2, 0) is 14.2 Å². The number of ether oxygens (including phenoxy) is 3. The van der Waals surface area contributed by atoms with Gasteiger partial charge in [0.1, 0.15) is 33.2 Å². The lowest BCUT2D eigenvalue weighted by Gasteiger charge is -2.10. The molecule has 0 saturated heterocycles. The fraction of sp³-hybridized carbons (Fsp3) is 0.714. The minimum atomic E-state index is 0.231. The third kappa shape index (κ3) is 11.4. The Bertz CT molecular complexity index is 292. The highest BCUT2D eigenvalue weighted by Crippen LogP contribution is 1.76. The van der Waals surface area contributed by atoms with Gasteiger partial charge in [0.05, 0.1) is 13.1 Å². The summed E-state index contributed by atoms with van der Waals surface area (Å²) in [5, 5.41) is 0. The molecular formula is C14H24NO3+. The Labute approximate surface area is 111 Å². The number of hydrogen-bond acceptors (Lipinski definition) is 3. The van der Waals surface area contributed by atoms with Gasteiger partial charge in [0.25, 0.3) is 0 Å². The largest absolute Gasteiger partial charge is 0.372 e. The zero-order valence-corrected chi connectivity index (χ0v) is 11.7. The lowest BCUT2D eigenvalue weighted by molar-refractivity contribution is -0.889. The first-order valence-electron chi connectivity index (χ1n) is 6.24. The van der Waals surface area contributed by atoms with Gasteiger partial charge in [-0.15, -0.1) is 0 Å². The van der Waals surface area contributed by atoms with E-state index in [4.69, 9.17) is 14.2 Å². The zero-order chi connectivity index (χ0) is 13.5. The summed E-state index contributed by atoms with van der Waals surface area (Å²) in [7, 11) is 1.61.